The summed E-state index contributed by atoms with van der Waals surface area (Å²) in [5, 5.41) is 12.5. The molecule has 1 fully saturated rings. The van der Waals surface area contributed by atoms with Crippen molar-refractivity contribution in [3.05, 3.63) is 70.2 Å². The third kappa shape index (κ3) is 5.10. The van der Waals surface area contributed by atoms with E-state index in [1.54, 1.807) is 18.2 Å². The van der Waals surface area contributed by atoms with Crippen LogP contribution in [0.4, 0.5) is 11.5 Å². The van der Waals surface area contributed by atoms with Gasteiger partial charge in [0, 0.05) is 39.9 Å². The van der Waals surface area contributed by atoms with E-state index in [0.29, 0.717) is 21.3 Å². The lowest BCUT2D eigenvalue weighted by atomic mass is 10.1. The maximum Gasteiger partial charge on any atom is 0.255 e. The van der Waals surface area contributed by atoms with E-state index in [1.165, 1.54) is 25.7 Å². The van der Waals surface area contributed by atoms with E-state index in [-0.39, 0.29) is 5.91 Å². The zero-order valence-electron chi connectivity index (χ0n) is 16.4. The van der Waals surface area contributed by atoms with Gasteiger partial charge in [0.05, 0.1) is 5.69 Å². The van der Waals surface area contributed by atoms with Gasteiger partial charge in [-0.15, -0.1) is 10.2 Å². The van der Waals surface area contributed by atoms with Gasteiger partial charge in [0.1, 0.15) is 0 Å². The van der Waals surface area contributed by atoms with Gasteiger partial charge in [0.25, 0.3) is 5.91 Å². The van der Waals surface area contributed by atoms with Crippen molar-refractivity contribution in [1.82, 2.24) is 10.2 Å². The van der Waals surface area contributed by atoms with E-state index in [1.807, 2.05) is 36.4 Å². The minimum atomic E-state index is -0.270. The molecule has 0 radical (unpaired) electrons. The van der Waals surface area contributed by atoms with Crippen molar-refractivity contribution < 1.29 is 4.79 Å². The number of benzene rings is 2. The highest BCUT2D eigenvalue weighted by Gasteiger charge is 2.12. The first-order valence-corrected chi connectivity index (χ1v) is 10.8. The molecule has 3 aromatic rings. The van der Waals surface area contributed by atoms with Crippen LogP contribution in [0.15, 0.2) is 54.6 Å². The summed E-state index contributed by atoms with van der Waals surface area (Å²) in [5.41, 5.74) is 2.82. The van der Waals surface area contributed by atoms with Crippen LogP contribution >= 0.6 is 23.2 Å². The Morgan fingerprint density at radius 1 is 0.833 bits per heavy atom. The molecule has 0 atom stereocenters. The predicted molar refractivity (Wildman–Crippen MR) is 123 cm³/mol. The quantitative estimate of drug-likeness (QED) is 0.533. The molecule has 1 N–H and O–H groups in total. The molecule has 1 saturated heterocycles. The zero-order chi connectivity index (χ0) is 20.9. The van der Waals surface area contributed by atoms with Crippen LogP contribution in [0.5, 0.6) is 0 Å². The summed E-state index contributed by atoms with van der Waals surface area (Å²) in [4.78, 5) is 14.7. The molecule has 4 rings (SSSR count). The largest absolute Gasteiger partial charge is 0.355 e. The Bertz CT molecular complexity index is 994. The van der Waals surface area contributed by atoms with E-state index in [9.17, 15) is 4.79 Å². The number of rotatable bonds is 4. The number of nitrogens with one attached hydrogen (secondary N) is 1. The fourth-order valence-electron chi connectivity index (χ4n) is 3.56. The molecule has 7 heteroatoms. The lowest BCUT2D eigenvalue weighted by Crippen LogP contribution is -2.25. The normalized spacial score (nSPS) is 14.3. The lowest BCUT2D eigenvalue weighted by molar-refractivity contribution is 0.102. The Balaban J connectivity index is 1.43. The Kier molecular flexibility index (Phi) is 6.50. The maximum atomic E-state index is 12.4. The number of hydrogen-bond donors (Lipinski definition) is 1. The molecular weight excluding hydrogens is 419 g/mol. The number of carbonyl (C=O) groups is 1. The smallest absolute Gasteiger partial charge is 0.255 e. The first-order chi connectivity index (χ1) is 14.6. The van der Waals surface area contributed by atoms with Gasteiger partial charge in [-0.2, -0.15) is 0 Å². The van der Waals surface area contributed by atoms with E-state index < -0.39 is 0 Å². The van der Waals surface area contributed by atoms with Crippen LogP contribution in [-0.4, -0.2) is 29.2 Å². The van der Waals surface area contributed by atoms with Crippen molar-refractivity contribution in [1.29, 1.82) is 0 Å². The molecule has 1 aliphatic rings. The summed E-state index contributed by atoms with van der Waals surface area (Å²) < 4.78 is 0. The fraction of sp³-hybridized carbons (Fsp3) is 0.261. The highest BCUT2D eigenvalue weighted by Crippen LogP contribution is 2.23. The topological polar surface area (TPSA) is 58.1 Å². The van der Waals surface area contributed by atoms with Crippen LogP contribution in [0, 0.1) is 0 Å². The summed E-state index contributed by atoms with van der Waals surface area (Å²) in [6.07, 6.45) is 4.99. The summed E-state index contributed by atoms with van der Waals surface area (Å²) in [5.74, 6) is 0.665. The average molecular weight is 441 g/mol. The highest BCUT2D eigenvalue weighted by molar-refractivity contribution is 6.35. The second-order valence-corrected chi connectivity index (χ2v) is 8.24. The summed E-state index contributed by atoms with van der Waals surface area (Å²) in [6.45, 7) is 2.08. The van der Waals surface area contributed by atoms with Crippen LogP contribution in [0.3, 0.4) is 0 Å². The molecule has 5 nitrogen and oxygen atoms in total. The first kappa shape index (κ1) is 20.6. The van der Waals surface area contributed by atoms with Crippen LogP contribution in [0.1, 0.15) is 36.0 Å². The van der Waals surface area contributed by atoms with Gasteiger partial charge < -0.3 is 10.2 Å². The molecule has 2 heterocycles. The van der Waals surface area contributed by atoms with Crippen molar-refractivity contribution in [2.75, 3.05) is 23.3 Å². The van der Waals surface area contributed by atoms with E-state index >= 15 is 0 Å². The highest BCUT2D eigenvalue weighted by atomic mass is 35.5. The number of anilines is 2. The van der Waals surface area contributed by atoms with Crippen LogP contribution < -0.4 is 10.2 Å². The Labute approximate surface area is 186 Å². The van der Waals surface area contributed by atoms with Crippen molar-refractivity contribution in [3.8, 4) is 11.3 Å². The molecular formula is C23H22Cl2N4O. The molecule has 0 aliphatic carbocycles. The van der Waals surface area contributed by atoms with Gasteiger partial charge in [-0.1, -0.05) is 48.2 Å². The molecule has 1 amide bonds. The minimum Gasteiger partial charge on any atom is -0.355 e. The SMILES string of the molecule is O=C(Nc1ccc(-c2ccc(N3CCCCCC3)nn2)cc1)c1cc(Cl)cc(Cl)c1. The third-order valence-electron chi connectivity index (χ3n) is 5.14. The number of nitrogens with zero attached hydrogens (tertiary/aromatic N) is 3. The minimum absolute atomic E-state index is 0.270. The van der Waals surface area contributed by atoms with Crippen LogP contribution in [0.25, 0.3) is 11.3 Å². The Hall–Kier alpha value is -2.63. The zero-order valence-corrected chi connectivity index (χ0v) is 18.0. The van der Waals surface area contributed by atoms with Crippen molar-refractivity contribution in [2.45, 2.75) is 25.7 Å². The summed E-state index contributed by atoms with van der Waals surface area (Å²) in [7, 11) is 0. The molecule has 2 aromatic carbocycles. The fourth-order valence-corrected chi connectivity index (χ4v) is 4.09. The number of amides is 1. The molecule has 30 heavy (non-hydrogen) atoms. The maximum absolute atomic E-state index is 12.4. The molecule has 1 aromatic heterocycles. The summed E-state index contributed by atoms with van der Waals surface area (Å²) in [6, 6.07) is 16.3. The van der Waals surface area contributed by atoms with E-state index in [2.05, 4.69) is 20.4 Å². The standard InChI is InChI=1S/C23H22Cl2N4O/c24-18-13-17(14-19(25)15-18)23(30)26-20-7-5-16(6-8-20)21-9-10-22(28-27-21)29-11-3-1-2-4-12-29/h5-10,13-15H,1-4,11-12H2,(H,26,30). The van der Waals surface area contributed by atoms with Gasteiger partial charge in [-0.25, -0.2) is 0 Å². The monoisotopic (exact) mass is 440 g/mol. The Morgan fingerprint density at radius 3 is 2.10 bits per heavy atom. The second kappa shape index (κ2) is 9.45. The van der Waals surface area contributed by atoms with E-state index in [4.69, 9.17) is 23.2 Å². The number of carbonyl (C=O) groups excluding carboxylic acids is 1. The molecule has 0 spiro atoms. The second-order valence-electron chi connectivity index (χ2n) is 7.37. The van der Waals surface area contributed by atoms with Crippen LogP contribution in [0.2, 0.25) is 10.0 Å². The number of hydrogen-bond acceptors (Lipinski definition) is 4. The lowest BCUT2D eigenvalue weighted by Gasteiger charge is -2.20. The van der Waals surface area contributed by atoms with Crippen molar-refractivity contribution in [2.24, 2.45) is 0 Å². The number of aromatic nitrogens is 2. The average Bonchev–Trinajstić information content (AvgIpc) is 3.03. The van der Waals surface area contributed by atoms with Gasteiger partial charge >= 0.3 is 0 Å². The van der Waals surface area contributed by atoms with Crippen molar-refractivity contribution >= 4 is 40.6 Å². The molecule has 0 bridgehead atoms. The summed E-state index contributed by atoms with van der Waals surface area (Å²) >= 11 is 11.9. The molecule has 154 valence electrons. The van der Waals surface area contributed by atoms with Gasteiger partial charge in [0.2, 0.25) is 0 Å². The third-order valence-corrected chi connectivity index (χ3v) is 5.58. The predicted octanol–water partition coefficient (Wildman–Crippen LogP) is 6.08. The van der Waals surface area contributed by atoms with Crippen LogP contribution in [-0.2, 0) is 0 Å². The van der Waals surface area contributed by atoms with E-state index in [0.717, 1.165) is 30.2 Å². The first-order valence-electron chi connectivity index (χ1n) is 10.0. The Morgan fingerprint density at radius 2 is 1.50 bits per heavy atom. The molecule has 1 aliphatic heterocycles. The van der Waals surface area contributed by atoms with Gasteiger partial charge in [-0.3, -0.25) is 4.79 Å². The van der Waals surface area contributed by atoms with Crippen molar-refractivity contribution in [3.63, 3.8) is 0 Å². The molecule has 0 saturated carbocycles. The van der Waals surface area contributed by atoms with Gasteiger partial charge in [0.15, 0.2) is 5.82 Å². The molecule has 0 unspecified atom stereocenters. The number of halogens is 2. The van der Waals surface area contributed by atoms with Gasteiger partial charge in [-0.05, 0) is 55.3 Å².